The van der Waals surface area contributed by atoms with Crippen LogP contribution in [0.5, 0.6) is 0 Å². The van der Waals surface area contributed by atoms with Crippen LogP contribution in [-0.2, 0) is 25.7 Å². The molecule has 1 amide bonds. The van der Waals surface area contributed by atoms with Gasteiger partial charge in [0.2, 0.25) is 5.91 Å². The highest BCUT2D eigenvalue weighted by molar-refractivity contribution is 8.06. The maximum Gasteiger partial charge on any atom is 0.508 e. The standard InChI is InChI=1S/C22H28N2O8S2/c1-11(2)32-21(30)31-7-6-22(4)17-15(12(3)26)19(27)24(17)16(20(28)29)18(22)33-8-5-14-13(9-25)23-10-34-14/h5,8,10-12,15,17,25-26H,6-7,9H2,1-4H3,(H,28,29)/b8-5-/t12-,15-,17+,22-/m1/s1. The molecule has 4 atom stereocenters. The number of aliphatic hydroxyl groups is 2. The number of carboxylic acid groups (broad SMARTS) is 1. The Hall–Kier alpha value is -2.41. The zero-order valence-electron chi connectivity index (χ0n) is 19.3. The summed E-state index contributed by atoms with van der Waals surface area (Å²) in [7, 11) is 0. The molecule has 1 fully saturated rings. The van der Waals surface area contributed by atoms with Gasteiger partial charge in [0.05, 0.1) is 53.5 Å². The van der Waals surface area contributed by atoms with E-state index in [1.165, 1.54) is 23.2 Å². The second kappa shape index (κ2) is 10.5. The molecular weight excluding hydrogens is 484 g/mol. The Kier molecular flexibility index (Phi) is 8.06. The Bertz CT molecular complexity index is 1020. The van der Waals surface area contributed by atoms with Gasteiger partial charge >= 0.3 is 12.1 Å². The molecule has 1 aromatic heterocycles. The van der Waals surface area contributed by atoms with Crippen LogP contribution in [0.2, 0.25) is 0 Å². The van der Waals surface area contributed by atoms with Gasteiger partial charge in [-0.25, -0.2) is 14.6 Å². The smallest absolute Gasteiger partial charge is 0.477 e. The van der Waals surface area contributed by atoms with Gasteiger partial charge in [0.25, 0.3) is 0 Å². The Balaban J connectivity index is 1.91. The van der Waals surface area contributed by atoms with Gasteiger partial charge < -0.3 is 29.7 Å². The fourth-order valence-electron chi connectivity index (χ4n) is 4.35. The summed E-state index contributed by atoms with van der Waals surface area (Å²) in [6, 6.07) is -0.594. The van der Waals surface area contributed by atoms with Crippen LogP contribution in [-0.4, -0.2) is 68.1 Å². The second-order valence-corrected chi connectivity index (χ2v) is 10.4. The van der Waals surface area contributed by atoms with Gasteiger partial charge in [0.15, 0.2) is 0 Å². The Morgan fingerprint density at radius 2 is 2.09 bits per heavy atom. The van der Waals surface area contributed by atoms with Crippen LogP contribution in [0.4, 0.5) is 4.79 Å². The molecule has 34 heavy (non-hydrogen) atoms. The molecule has 3 heterocycles. The van der Waals surface area contributed by atoms with Crippen molar-refractivity contribution < 1.29 is 39.2 Å². The minimum atomic E-state index is -1.25. The van der Waals surface area contributed by atoms with Crippen LogP contribution in [0.3, 0.4) is 0 Å². The van der Waals surface area contributed by atoms with E-state index in [-0.39, 0.29) is 31.4 Å². The van der Waals surface area contributed by atoms with Crippen molar-refractivity contribution in [2.75, 3.05) is 6.61 Å². The second-order valence-electron chi connectivity index (χ2n) is 8.58. The summed E-state index contributed by atoms with van der Waals surface area (Å²) >= 11 is 2.48. The summed E-state index contributed by atoms with van der Waals surface area (Å²) in [5, 5.41) is 31.3. The van der Waals surface area contributed by atoms with Crippen LogP contribution >= 0.6 is 23.1 Å². The first-order valence-corrected chi connectivity index (χ1v) is 12.5. The highest BCUT2D eigenvalue weighted by Crippen LogP contribution is 2.59. The lowest BCUT2D eigenvalue weighted by Crippen LogP contribution is -2.66. The predicted octanol–water partition coefficient (Wildman–Crippen LogP) is 2.81. The molecule has 0 spiro atoms. The molecule has 12 heteroatoms. The van der Waals surface area contributed by atoms with Crippen LogP contribution < -0.4 is 0 Å². The normalized spacial score (nSPS) is 25.0. The summed E-state index contributed by atoms with van der Waals surface area (Å²) in [4.78, 5) is 43.3. The van der Waals surface area contributed by atoms with Gasteiger partial charge in [0, 0.05) is 10.3 Å². The minimum Gasteiger partial charge on any atom is -0.477 e. The lowest BCUT2D eigenvalue weighted by atomic mass is 9.68. The first-order chi connectivity index (χ1) is 16.0. The van der Waals surface area contributed by atoms with E-state index in [1.54, 1.807) is 30.8 Å². The molecule has 1 aromatic rings. The fourth-order valence-corrected chi connectivity index (χ4v) is 6.26. The molecular formula is C22H28N2O8S2. The monoisotopic (exact) mass is 512 g/mol. The van der Waals surface area contributed by atoms with Crippen molar-refractivity contribution in [1.82, 2.24) is 9.88 Å². The number of ether oxygens (including phenoxy) is 2. The first kappa shape index (κ1) is 26.2. The number of nitrogens with zero attached hydrogens (tertiary/aromatic N) is 2. The van der Waals surface area contributed by atoms with E-state index in [4.69, 9.17) is 9.47 Å². The SMILES string of the molecule is CC(C)OC(=O)OCC[C@@]1(C)C(S/C=C\c2scnc2CO)=C(C(=O)O)N2C(=O)[C@H]([C@@H](C)O)[C@H]21. The van der Waals surface area contributed by atoms with E-state index in [2.05, 4.69) is 4.98 Å². The Morgan fingerprint density at radius 3 is 2.68 bits per heavy atom. The van der Waals surface area contributed by atoms with Gasteiger partial charge in [-0.2, -0.15) is 0 Å². The number of carbonyl (C=O) groups is 3. The van der Waals surface area contributed by atoms with Gasteiger partial charge in [0.1, 0.15) is 5.70 Å². The topological polar surface area (TPSA) is 146 Å². The largest absolute Gasteiger partial charge is 0.508 e. The molecule has 3 rings (SSSR count). The molecule has 10 nitrogen and oxygen atoms in total. The number of hydrogen-bond donors (Lipinski definition) is 3. The van der Waals surface area contributed by atoms with Crippen molar-refractivity contribution in [2.24, 2.45) is 11.3 Å². The maximum atomic E-state index is 12.8. The molecule has 0 aliphatic carbocycles. The van der Waals surface area contributed by atoms with Crippen molar-refractivity contribution in [3.05, 3.63) is 32.1 Å². The van der Waals surface area contributed by atoms with E-state index in [9.17, 15) is 29.7 Å². The molecule has 1 saturated heterocycles. The van der Waals surface area contributed by atoms with Crippen LogP contribution in [0.15, 0.2) is 21.5 Å². The number of carboxylic acids is 1. The number of fused-ring (bicyclic) bond motifs is 1. The van der Waals surface area contributed by atoms with E-state index in [0.29, 0.717) is 10.6 Å². The molecule has 3 N–H and O–H groups in total. The number of β-lactam (4-membered cyclic amide) rings is 1. The number of aromatic nitrogens is 1. The van der Waals surface area contributed by atoms with Gasteiger partial charge in [-0.05, 0) is 38.7 Å². The third-order valence-electron chi connectivity index (χ3n) is 5.89. The average molecular weight is 513 g/mol. The highest BCUT2D eigenvalue weighted by atomic mass is 32.2. The average Bonchev–Trinajstić information content (AvgIpc) is 3.27. The van der Waals surface area contributed by atoms with Crippen LogP contribution in [0.25, 0.3) is 6.08 Å². The summed E-state index contributed by atoms with van der Waals surface area (Å²) in [6.45, 7) is 6.41. The number of hydrogen-bond acceptors (Lipinski definition) is 10. The third kappa shape index (κ3) is 4.85. The number of thioether (sulfide) groups is 1. The lowest BCUT2D eigenvalue weighted by Gasteiger charge is -2.50. The van der Waals surface area contributed by atoms with Crippen LogP contribution in [0.1, 0.15) is 44.7 Å². The first-order valence-electron chi connectivity index (χ1n) is 10.7. The Morgan fingerprint density at radius 1 is 1.38 bits per heavy atom. The highest BCUT2D eigenvalue weighted by Gasteiger charge is 2.65. The molecule has 186 valence electrons. The van der Waals surface area contributed by atoms with Gasteiger partial charge in [-0.1, -0.05) is 18.7 Å². The minimum absolute atomic E-state index is 0.0582. The number of thiazole rings is 1. The molecule has 2 aliphatic heterocycles. The van der Waals surface area contributed by atoms with Crippen molar-refractivity contribution in [3.8, 4) is 0 Å². The van der Waals surface area contributed by atoms with Crippen molar-refractivity contribution in [2.45, 2.75) is 59.0 Å². The van der Waals surface area contributed by atoms with Crippen LogP contribution in [0, 0.1) is 11.3 Å². The zero-order valence-corrected chi connectivity index (χ0v) is 20.9. The van der Waals surface area contributed by atoms with E-state index in [1.807, 2.05) is 6.92 Å². The van der Waals surface area contributed by atoms with E-state index >= 15 is 0 Å². The molecule has 0 unspecified atom stereocenters. The molecule has 0 aromatic carbocycles. The molecule has 0 radical (unpaired) electrons. The zero-order chi connectivity index (χ0) is 25.2. The van der Waals surface area contributed by atoms with Gasteiger partial charge in [-0.15, -0.1) is 11.3 Å². The van der Waals surface area contributed by atoms with Crippen molar-refractivity contribution in [3.63, 3.8) is 0 Å². The summed E-state index contributed by atoms with van der Waals surface area (Å²) in [6.07, 6.45) is -0.212. The maximum absolute atomic E-state index is 12.8. The number of aliphatic carboxylic acids is 1. The van der Waals surface area contributed by atoms with Gasteiger partial charge in [-0.3, -0.25) is 4.79 Å². The number of carbonyl (C=O) groups excluding carboxylic acids is 2. The molecule has 2 aliphatic rings. The number of amides is 1. The van der Waals surface area contributed by atoms with Crippen molar-refractivity contribution >= 4 is 47.2 Å². The lowest BCUT2D eigenvalue weighted by molar-refractivity contribution is -0.167. The fraction of sp³-hybridized carbons (Fsp3) is 0.545. The van der Waals surface area contributed by atoms with Crippen molar-refractivity contribution in [1.29, 1.82) is 0 Å². The van der Waals surface area contributed by atoms with E-state index in [0.717, 1.165) is 16.6 Å². The number of rotatable bonds is 10. The summed E-state index contributed by atoms with van der Waals surface area (Å²) in [5.41, 5.74) is 1.07. The molecule has 0 bridgehead atoms. The summed E-state index contributed by atoms with van der Waals surface area (Å²) in [5.74, 6) is -2.48. The Labute approximate surface area is 205 Å². The molecule has 0 saturated carbocycles. The number of aliphatic hydroxyl groups excluding tert-OH is 2. The predicted molar refractivity (Wildman–Crippen MR) is 125 cm³/mol. The quantitative estimate of drug-likeness (QED) is 0.316. The summed E-state index contributed by atoms with van der Waals surface area (Å²) < 4.78 is 10.2. The third-order valence-corrected chi connectivity index (χ3v) is 7.90. The van der Waals surface area contributed by atoms with E-state index < -0.39 is 41.5 Å².